The van der Waals surface area contributed by atoms with Crippen molar-refractivity contribution >= 4 is 11.6 Å². The van der Waals surface area contributed by atoms with Crippen LogP contribution in [0, 0.1) is 11.7 Å². The SMILES string of the molecule is C[C@@H]1CCc2[nH]nc(C(=O)NC3CCN(c4ccccc4F)CC3)c2C1. The number of amides is 1. The summed E-state index contributed by atoms with van der Waals surface area (Å²) in [5.74, 6) is 0.323. The molecule has 1 aromatic carbocycles. The van der Waals surface area contributed by atoms with Crippen molar-refractivity contribution in [2.24, 2.45) is 5.92 Å². The Kier molecular flexibility index (Phi) is 4.66. The highest BCUT2D eigenvalue weighted by molar-refractivity contribution is 5.94. The predicted molar refractivity (Wildman–Crippen MR) is 98.9 cm³/mol. The zero-order valence-corrected chi connectivity index (χ0v) is 15.1. The van der Waals surface area contributed by atoms with Gasteiger partial charge in [0.2, 0.25) is 0 Å². The number of nitrogens with one attached hydrogen (secondary N) is 2. The van der Waals surface area contributed by atoms with Crippen molar-refractivity contribution in [3.05, 3.63) is 47.0 Å². The summed E-state index contributed by atoms with van der Waals surface area (Å²) in [6, 6.07) is 6.97. The molecule has 0 spiro atoms. The van der Waals surface area contributed by atoms with E-state index in [9.17, 15) is 9.18 Å². The van der Waals surface area contributed by atoms with E-state index in [0.29, 0.717) is 17.3 Å². The third-order valence-corrected chi connectivity index (χ3v) is 5.63. The molecule has 1 aromatic heterocycles. The molecule has 6 heteroatoms. The Morgan fingerprint density at radius 2 is 2.04 bits per heavy atom. The highest BCUT2D eigenvalue weighted by atomic mass is 19.1. The third kappa shape index (κ3) is 3.32. The van der Waals surface area contributed by atoms with E-state index >= 15 is 0 Å². The van der Waals surface area contributed by atoms with Gasteiger partial charge in [-0.25, -0.2) is 4.39 Å². The van der Waals surface area contributed by atoms with Gasteiger partial charge in [-0.15, -0.1) is 0 Å². The first-order valence-electron chi connectivity index (χ1n) is 9.48. The number of hydrogen-bond donors (Lipinski definition) is 2. The highest BCUT2D eigenvalue weighted by Crippen LogP contribution is 2.27. The first kappa shape index (κ1) is 17.1. The number of para-hydroxylation sites is 1. The van der Waals surface area contributed by atoms with Crippen LogP contribution in [0.5, 0.6) is 0 Å². The lowest BCUT2D eigenvalue weighted by molar-refractivity contribution is 0.0924. The maximum Gasteiger partial charge on any atom is 0.272 e. The molecule has 2 aliphatic rings. The van der Waals surface area contributed by atoms with Crippen LogP contribution in [-0.2, 0) is 12.8 Å². The molecule has 0 bridgehead atoms. The number of fused-ring (bicyclic) bond motifs is 1. The molecule has 4 rings (SSSR count). The largest absolute Gasteiger partial charge is 0.369 e. The number of carbonyl (C=O) groups is 1. The van der Waals surface area contributed by atoms with Gasteiger partial charge in [0.05, 0.1) is 5.69 Å². The fourth-order valence-electron chi connectivity index (χ4n) is 4.08. The first-order valence-corrected chi connectivity index (χ1v) is 9.48. The number of anilines is 1. The van der Waals surface area contributed by atoms with Gasteiger partial charge in [-0.1, -0.05) is 19.1 Å². The van der Waals surface area contributed by atoms with Crippen molar-refractivity contribution in [3.8, 4) is 0 Å². The molecular weight excluding hydrogens is 331 g/mol. The van der Waals surface area contributed by atoms with Crippen LogP contribution >= 0.6 is 0 Å². The van der Waals surface area contributed by atoms with Crippen LogP contribution in [0.4, 0.5) is 10.1 Å². The van der Waals surface area contributed by atoms with Crippen LogP contribution in [0.2, 0.25) is 0 Å². The number of nitrogens with zero attached hydrogens (tertiary/aromatic N) is 2. The van der Waals surface area contributed by atoms with Crippen LogP contribution in [0.25, 0.3) is 0 Å². The Morgan fingerprint density at radius 1 is 1.27 bits per heavy atom. The Labute approximate surface area is 153 Å². The van der Waals surface area contributed by atoms with Crippen LogP contribution in [0.1, 0.15) is 47.9 Å². The summed E-state index contributed by atoms with van der Waals surface area (Å²) in [6.45, 7) is 3.69. The smallest absolute Gasteiger partial charge is 0.272 e. The molecule has 138 valence electrons. The molecule has 26 heavy (non-hydrogen) atoms. The quantitative estimate of drug-likeness (QED) is 0.888. The molecule has 2 aromatic rings. The van der Waals surface area contributed by atoms with Crippen molar-refractivity contribution in [1.29, 1.82) is 0 Å². The summed E-state index contributed by atoms with van der Waals surface area (Å²) >= 11 is 0. The molecule has 0 radical (unpaired) electrons. The van der Waals surface area contributed by atoms with E-state index in [2.05, 4.69) is 27.3 Å². The summed E-state index contributed by atoms with van der Waals surface area (Å²) in [7, 11) is 0. The van der Waals surface area contributed by atoms with Crippen molar-refractivity contribution in [3.63, 3.8) is 0 Å². The monoisotopic (exact) mass is 356 g/mol. The maximum atomic E-state index is 13.9. The molecular formula is C20H25FN4O. The number of rotatable bonds is 3. The maximum absolute atomic E-state index is 13.9. The van der Waals surface area contributed by atoms with Gasteiger partial charge < -0.3 is 10.2 Å². The van der Waals surface area contributed by atoms with E-state index in [0.717, 1.165) is 56.5 Å². The minimum Gasteiger partial charge on any atom is -0.369 e. The zero-order valence-electron chi connectivity index (χ0n) is 15.1. The fraction of sp³-hybridized carbons (Fsp3) is 0.500. The van der Waals surface area contributed by atoms with Gasteiger partial charge in [0, 0.05) is 30.4 Å². The van der Waals surface area contributed by atoms with E-state index in [1.54, 1.807) is 6.07 Å². The average molecular weight is 356 g/mol. The molecule has 1 fully saturated rings. The second-order valence-electron chi connectivity index (χ2n) is 7.56. The number of carbonyl (C=O) groups excluding carboxylic acids is 1. The van der Waals surface area contributed by atoms with Crippen LogP contribution in [0.3, 0.4) is 0 Å². The lowest BCUT2D eigenvalue weighted by atomic mass is 9.87. The van der Waals surface area contributed by atoms with Gasteiger partial charge >= 0.3 is 0 Å². The minimum atomic E-state index is -0.188. The van der Waals surface area contributed by atoms with Gasteiger partial charge in [-0.2, -0.15) is 5.10 Å². The Balaban J connectivity index is 1.37. The molecule has 0 saturated carbocycles. The Bertz CT molecular complexity index is 795. The second-order valence-corrected chi connectivity index (χ2v) is 7.56. The number of aromatic nitrogens is 2. The molecule has 1 atom stereocenters. The van der Waals surface area contributed by atoms with Gasteiger partial charge in [-0.05, 0) is 50.2 Å². The Morgan fingerprint density at radius 3 is 2.81 bits per heavy atom. The summed E-state index contributed by atoms with van der Waals surface area (Å²) < 4.78 is 13.9. The molecule has 2 heterocycles. The number of halogens is 1. The average Bonchev–Trinajstić information content (AvgIpc) is 3.06. The Hall–Kier alpha value is -2.37. The summed E-state index contributed by atoms with van der Waals surface area (Å²) in [6.07, 6.45) is 4.65. The third-order valence-electron chi connectivity index (χ3n) is 5.63. The number of H-pyrrole nitrogens is 1. The predicted octanol–water partition coefficient (Wildman–Crippen LogP) is 3.07. The number of piperidine rings is 1. The van der Waals surface area contributed by atoms with E-state index in [1.165, 1.54) is 6.07 Å². The second kappa shape index (κ2) is 7.09. The zero-order chi connectivity index (χ0) is 18.1. The summed E-state index contributed by atoms with van der Waals surface area (Å²) in [4.78, 5) is 14.7. The first-order chi connectivity index (χ1) is 12.6. The number of hydrogen-bond acceptors (Lipinski definition) is 3. The van der Waals surface area contributed by atoms with Crippen molar-refractivity contribution in [2.75, 3.05) is 18.0 Å². The van der Waals surface area contributed by atoms with Crippen LogP contribution in [-0.4, -0.2) is 35.2 Å². The van der Waals surface area contributed by atoms with E-state index in [1.807, 2.05) is 12.1 Å². The topological polar surface area (TPSA) is 61.0 Å². The summed E-state index contributed by atoms with van der Waals surface area (Å²) in [5.41, 5.74) is 3.41. The van der Waals surface area contributed by atoms with Gasteiger partial charge in [0.1, 0.15) is 5.82 Å². The van der Waals surface area contributed by atoms with E-state index in [-0.39, 0.29) is 17.8 Å². The lowest BCUT2D eigenvalue weighted by Gasteiger charge is -2.34. The normalized spacial score (nSPS) is 20.7. The van der Waals surface area contributed by atoms with Crippen LogP contribution < -0.4 is 10.2 Å². The van der Waals surface area contributed by atoms with E-state index in [4.69, 9.17) is 0 Å². The van der Waals surface area contributed by atoms with E-state index < -0.39 is 0 Å². The molecule has 1 amide bonds. The van der Waals surface area contributed by atoms with Gasteiger partial charge in [0.25, 0.3) is 5.91 Å². The standard InChI is InChI=1S/C20H25FN4O/c1-13-6-7-17-15(12-13)19(24-23-17)20(26)22-14-8-10-25(11-9-14)18-5-3-2-4-16(18)21/h2-5,13-14H,6-12H2,1H3,(H,22,26)(H,23,24)/t13-/m1/s1. The van der Waals surface area contributed by atoms with Gasteiger partial charge in [-0.3, -0.25) is 9.89 Å². The number of aromatic amines is 1. The molecule has 5 nitrogen and oxygen atoms in total. The minimum absolute atomic E-state index is 0.0825. The highest BCUT2D eigenvalue weighted by Gasteiger charge is 2.27. The molecule has 2 N–H and O–H groups in total. The number of benzene rings is 1. The lowest BCUT2D eigenvalue weighted by Crippen LogP contribution is -2.45. The molecule has 1 aliphatic heterocycles. The van der Waals surface area contributed by atoms with Crippen molar-refractivity contribution in [1.82, 2.24) is 15.5 Å². The van der Waals surface area contributed by atoms with Crippen molar-refractivity contribution < 1.29 is 9.18 Å². The van der Waals surface area contributed by atoms with Crippen LogP contribution in [0.15, 0.2) is 24.3 Å². The fourth-order valence-corrected chi connectivity index (χ4v) is 4.08. The van der Waals surface area contributed by atoms with Gasteiger partial charge in [0.15, 0.2) is 5.69 Å². The van der Waals surface area contributed by atoms with Crippen molar-refractivity contribution in [2.45, 2.75) is 45.1 Å². The summed E-state index contributed by atoms with van der Waals surface area (Å²) in [5, 5.41) is 10.4. The molecule has 1 saturated heterocycles. The number of aryl methyl sites for hydroxylation is 1. The molecule has 0 unspecified atom stereocenters. The molecule has 1 aliphatic carbocycles.